The van der Waals surface area contributed by atoms with E-state index in [4.69, 9.17) is 14.0 Å². The number of methoxy groups -OCH3 is 2. The van der Waals surface area contributed by atoms with Gasteiger partial charge in [-0.3, -0.25) is 14.9 Å². The largest absolute Gasteiger partial charge is 0.493 e. The minimum atomic E-state index is -0.343. The summed E-state index contributed by atoms with van der Waals surface area (Å²) in [5.41, 5.74) is 0.930. The lowest BCUT2D eigenvalue weighted by molar-refractivity contribution is -0.115. The molecular formula is C18H18N4O5S. The summed E-state index contributed by atoms with van der Waals surface area (Å²) in [5.74, 6) is 1.31. The molecule has 0 bridgehead atoms. The van der Waals surface area contributed by atoms with Crippen LogP contribution in [0.4, 0.5) is 10.9 Å². The monoisotopic (exact) mass is 402 g/mol. The average Bonchev–Trinajstić information content (AvgIpc) is 3.29. The van der Waals surface area contributed by atoms with Gasteiger partial charge in [0.2, 0.25) is 5.91 Å². The highest BCUT2D eigenvalue weighted by Gasteiger charge is 2.14. The Morgan fingerprint density at radius 1 is 1.14 bits per heavy atom. The fourth-order valence-corrected chi connectivity index (χ4v) is 3.07. The van der Waals surface area contributed by atoms with Crippen molar-refractivity contribution >= 4 is 34.1 Å². The molecule has 0 radical (unpaired) electrons. The number of thiazole rings is 1. The molecule has 0 saturated carbocycles. The van der Waals surface area contributed by atoms with Crippen molar-refractivity contribution in [1.82, 2.24) is 10.1 Å². The number of hydrogen-bond donors (Lipinski definition) is 2. The predicted molar refractivity (Wildman–Crippen MR) is 103 cm³/mol. The van der Waals surface area contributed by atoms with E-state index in [9.17, 15) is 9.59 Å². The highest BCUT2D eigenvalue weighted by Crippen LogP contribution is 2.28. The van der Waals surface area contributed by atoms with Gasteiger partial charge in [-0.05, 0) is 25.1 Å². The number of carbonyl (C=O) groups excluding carboxylic acids is 2. The maximum atomic E-state index is 12.4. The Hall–Kier alpha value is -3.40. The van der Waals surface area contributed by atoms with Crippen molar-refractivity contribution in [3.8, 4) is 11.5 Å². The fourth-order valence-electron chi connectivity index (χ4n) is 2.37. The van der Waals surface area contributed by atoms with Gasteiger partial charge in [0.1, 0.15) is 5.76 Å². The highest BCUT2D eigenvalue weighted by molar-refractivity contribution is 7.14. The van der Waals surface area contributed by atoms with Crippen LogP contribution < -0.4 is 20.1 Å². The number of nitrogens with zero attached hydrogens (tertiary/aromatic N) is 2. The van der Waals surface area contributed by atoms with Crippen LogP contribution in [-0.4, -0.2) is 36.2 Å². The van der Waals surface area contributed by atoms with Gasteiger partial charge in [0.25, 0.3) is 5.91 Å². The smallest absolute Gasteiger partial charge is 0.257 e. The number of rotatable bonds is 7. The van der Waals surface area contributed by atoms with E-state index in [0.29, 0.717) is 39.5 Å². The molecule has 1 aromatic carbocycles. The third-order valence-electron chi connectivity index (χ3n) is 3.66. The first-order valence-electron chi connectivity index (χ1n) is 8.19. The van der Waals surface area contributed by atoms with Crippen molar-refractivity contribution in [1.29, 1.82) is 0 Å². The molecule has 0 saturated heterocycles. The fraction of sp³-hybridized carbons (Fsp3) is 0.222. The van der Waals surface area contributed by atoms with Crippen molar-refractivity contribution in [2.45, 2.75) is 13.3 Å². The normalized spacial score (nSPS) is 10.4. The van der Waals surface area contributed by atoms with E-state index in [2.05, 4.69) is 20.8 Å². The topological polar surface area (TPSA) is 116 Å². The molecular weight excluding hydrogens is 384 g/mol. The third kappa shape index (κ3) is 4.65. The Labute approximate surface area is 164 Å². The molecule has 0 aliphatic heterocycles. The zero-order valence-corrected chi connectivity index (χ0v) is 16.3. The lowest BCUT2D eigenvalue weighted by atomic mass is 10.2. The molecule has 10 heteroatoms. The first-order valence-corrected chi connectivity index (χ1v) is 9.07. The molecule has 28 heavy (non-hydrogen) atoms. The van der Waals surface area contributed by atoms with Gasteiger partial charge < -0.3 is 19.3 Å². The molecule has 3 aromatic rings. The number of carbonyl (C=O) groups is 2. The quantitative estimate of drug-likeness (QED) is 0.624. The molecule has 2 amide bonds. The minimum absolute atomic E-state index is 0.0502. The van der Waals surface area contributed by atoms with E-state index in [0.717, 1.165) is 0 Å². The summed E-state index contributed by atoms with van der Waals surface area (Å²) < 4.78 is 15.3. The summed E-state index contributed by atoms with van der Waals surface area (Å²) >= 11 is 1.23. The molecule has 0 aliphatic rings. The molecule has 2 heterocycles. The van der Waals surface area contributed by atoms with Gasteiger partial charge >= 0.3 is 0 Å². The maximum absolute atomic E-state index is 12.4. The second-order valence-corrected chi connectivity index (χ2v) is 6.57. The summed E-state index contributed by atoms with van der Waals surface area (Å²) in [6, 6.07) is 6.47. The van der Waals surface area contributed by atoms with Gasteiger partial charge in [-0.25, -0.2) is 4.98 Å². The van der Waals surface area contributed by atoms with Crippen molar-refractivity contribution < 1.29 is 23.6 Å². The van der Waals surface area contributed by atoms with Crippen LogP contribution in [0.1, 0.15) is 21.8 Å². The first kappa shape index (κ1) is 19.4. The van der Waals surface area contributed by atoms with Crippen LogP contribution in [0.15, 0.2) is 34.2 Å². The summed E-state index contributed by atoms with van der Waals surface area (Å²) in [6.07, 6.45) is 0.0502. The summed E-state index contributed by atoms with van der Waals surface area (Å²) in [7, 11) is 3.02. The van der Waals surface area contributed by atoms with Crippen LogP contribution in [0.25, 0.3) is 0 Å². The Kier molecular flexibility index (Phi) is 5.90. The number of aryl methyl sites for hydroxylation is 1. The SMILES string of the molecule is COc1ccc(C(=O)Nc2nc(CC(=O)Nc3cc(C)on3)cs2)cc1OC. The second kappa shape index (κ2) is 8.53. The van der Waals surface area contributed by atoms with Crippen molar-refractivity contribution in [2.75, 3.05) is 24.9 Å². The van der Waals surface area contributed by atoms with E-state index in [-0.39, 0.29) is 18.2 Å². The van der Waals surface area contributed by atoms with Gasteiger partial charge in [-0.2, -0.15) is 0 Å². The second-order valence-electron chi connectivity index (χ2n) is 5.72. The molecule has 0 spiro atoms. The van der Waals surface area contributed by atoms with E-state index in [1.807, 2.05) is 0 Å². The van der Waals surface area contributed by atoms with Crippen molar-refractivity contribution in [3.05, 3.63) is 46.7 Å². The van der Waals surface area contributed by atoms with Crippen LogP contribution in [0.5, 0.6) is 11.5 Å². The number of anilines is 2. The van der Waals surface area contributed by atoms with E-state index in [1.165, 1.54) is 25.6 Å². The van der Waals surface area contributed by atoms with Crippen LogP contribution in [0.3, 0.4) is 0 Å². The molecule has 2 N–H and O–H groups in total. The van der Waals surface area contributed by atoms with Gasteiger partial charge in [0, 0.05) is 17.0 Å². The number of benzene rings is 1. The first-order chi connectivity index (χ1) is 13.5. The van der Waals surface area contributed by atoms with E-state index < -0.39 is 0 Å². The van der Waals surface area contributed by atoms with Crippen LogP contribution in [0, 0.1) is 6.92 Å². The number of hydrogen-bond acceptors (Lipinski definition) is 8. The maximum Gasteiger partial charge on any atom is 0.257 e. The van der Waals surface area contributed by atoms with Gasteiger partial charge in [-0.15, -0.1) is 11.3 Å². The summed E-state index contributed by atoms with van der Waals surface area (Å²) in [4.78, 5) is 28.7. The van der Waals surface area contributed by atoms with Gasteiger partial charge in [0.15, 0.2) is 22.4 Å². The molecule has 0 fully saturated rings. The van der Waals surface area contributed by atoms with Gasteiger partial charge in [-0.1, -0.05) is 5.16 Å². The molecule has 0 atom stereocenters. The molecule has 3 rings (SSSR count). The standard InChI is InChI=1S/C18H18N4O5S/c1-10-6-15(22-27-10)20-16(23)8-12-9-28-18(19-12)21-17(24)11-4-5-13(25-2)14(7-11)26-3/h4-7,9H,8H2,1-3H3,(H,19,21,24)(H,20,22,23). The van der Waals surface area contributed by atoms with Gasteiger partial charge in [0.05, 0.1) is 26.3 Å². The summed E-state index contributed by atoms with van der Waals surface area (Å²) in [5, 5.41) is 11.1. The number of aromatic nitrogens is 2. The third-order valence-corrected chi connectivity index (χ3v) is 4.46. The highest BCUT2D eigenvalue weighted by atomic mass is 32.1. The molecule has 0 aliphatic carbocycles. The lowest BCUT2D eigenvalue weighted by Gasteiger charge is -2.09. The average molecular weight is 402 g/mol. The van der Waals surface area contributed by atoms with E-state index >= 15 is 0 Å². The van der Waals surface area contributed by atoms with Crippen LogP contribution >= 0.6 is 11.3 Å². The van der Waals surface area contributed by atoms with Crippen molar-refractivity contribution in [2.24, 2.45) is 0 Å². The number of nitrogens with one attached hydrogen (secondary N) is 2. The Balaban J connectivity index is 1.61. The van der Waals surface area contributed by atoms with Crippen LogP contribution in [-0.2, 0) is 11.2 Å². The summed E-state index contributed by atoms with van der Waals surface area (Å²) in [6.45, 7) is 1.73. The lowest BCUT2D eigenvalue weighted by Crippen LogP contribution is -2.15. The zero-order chi connectivity index (χ0) is 20.1. The molecule has 9 nitrogen and oxygen atoms in total. The zero-order valence-electron chi connectivity index (χ0n) is 15.4. The van der Waals surface area contributed by atoms with Crippen molar-refractivity contribution in [3.63, 3.8) is 0 Å². The Bertz CT molecular complexity index is 998. The molecule has 146 valence electrons. The Morgan fingerprint density at radius 2 is 1.93 bits per heavy atom. The Morgan fingerprint density at radius 3 is 2.61 bits per heavy atom. The molecule has 0 unspecified atom stereocenters. The number of amides is 2. The van der Waals surface area contributed by atoms with E-state index in [1.54, 1.807) is 36.6 Å². The number of ether oxygens (including phenoxy) is 2. The predicted octanol–water partition coefficient (Wildman–Crippen LogP) is 2.89. The minimum Gasteiger partial charge on any atom is -0.493 e. The molecule has 2 aromatic heterocycles. The van der Waals surface area contributed by atoms with Crippen LogP contribution in [0.2, 0.25) is 0 Å².